The van der Waals surface area contributed by atoms with Crippen molar-refractivity contribution < 1.29 is 4.39 Å². The third-order valence-corrected chi connectivity index (χ3v) is 4.09. The van der Waals surface area contributed by atoms with Crippen molar-refractivity contribution in [1.82, 2.24) is 14.5 Å². The molecule has 108 valence electrons. The Hall–Kier alpha value is -1.62. The topological polar surface area (TPSA) is 47.1 Å². The van der Waals surface area contributed by atoms with E-state index in [-0.39, 0.29) is 11.9 Å². The van der Waals surface area contributed by atoms with Crippen molar-refractivity contribution in [3.8, 4) is 0 Å². The summed E-state index contributed by atoms with van der Waals surface area (Å²) in [6.07, 6.45) is 3.86. The van der Waals surface area contributed by atoms with Crippen LogP contribution >= 0.6 is 0 Å². The number of likely N-dealkylation sites (tertiary alicyclic amines) is 1. The zero-order valence-electron chi connectivity index (χ0n) is 11.8. The number of halogens is 1. The molecule has 0 spiro atoms. The molecule has 1 aliphatic heterocycles. The molecule has 2 N–H and O–H groups in total. The van der Waals surface area contributed by atoms with Crippen LogP contribution in [0.1, 0.15) is 32.2 Å². The SMILES string of the molecule is CC(CN1CCCCC1)n1c(N)nc2ccc(F)cc21. The Morgan fingerprint density at radius 3 is 2.80 bits per heavy atom. The van der Waals surface area contributed by atoms with E-state index in [1.807, 2.05) is 4.57 Å². The van der Waals surface area contributed by atoms with Gasteiger partial charge in [-0.3, -0.25) is 0 Å². The average molecular weight is 276 g/mol. The first kappa shape index (κ1) is 13.4. The second-order valence-electron chi connectivity index (χ2n) is 5.68. The van der Waals surface area contributed by atoms with Gasteiger partial charge in [-0.15, -0.1) is 0 Å². The van der Waals surface area contributed by atoms with Gasteiger partial charge in [0, 0.05) is 12.6 Å². The zero-order valence-corrected chi connectivity index (χ0v) is 11.8. The Morgan fingerprint density at radius 2 is 2.05 bits per heavy atom. The first-order valence-corrected chi connectivity index (χ1v) is 7.30. The van der Waals surface area contributed by atoms with E-state index in [9.17, 15) is 4.39 Å². The maximum atomic E-state index is 13.5. The summed E-state index contributed by atoms with van der Waals surface area (Å²) in [6.45, 7) is 5.35. The van der Waals surface area contributed by atoms with E-state index < -0.39 is 0 Å². The normalized spacial score (nSPS) is 18.5. The predicted octanol–water partition coefficient (Wildman–Crippen LogP) is 2.80. The molecule has 2 heterocycles. The summed E-state index contributed by atoms with van der Waals surface area (Å²) >= 11 is 0. The predicted molar refractivity (Wildman–Crippen MR) is 79.1 cm³/mol. The minimum absolute atomic E-state index is 0.194. The van der Waals surface area contributed by atoms with Gasteiger partial charge in [0.2, 0.25) is 5.95 Å². The number of anilines is 1. The smallest absolute Gasteiger partial charge is 0.201 e. The molecule has 20 heavy (non-hydrogen) atoms. The van der Waals surface area contributed by atoms with Crippen molar-refractivity contribution in [2.24, 2.45) is 0 Å². The van der Waals surface area contributed by atoms with E-state index in [1.54, 1.807) is 6.07 Å². The van der Waals surface area contributed by atoms with E-state index >= 15 is 0 Å². The van der Waals surface area contributed by atoms with Crippen LogP contribution in [-0.4, -0.2) is 34.1 Å². The molecule has 0 aliphatic carbocycles. The Bertz CT molecular complexity index is 601. The lowest BCUT2D eigenvalue weighted by Gasteiger charge is -2.30. The Kier molecular flexibility index (Phi) is 3.61. The van der Waals surface area contributed by atoms with Gasteiger partial charge in [0.05, 0.1) is 11.0 Å². The molecule has 0 amide bonds. The van der Waals surface area contributed by atoms with Crippen LogP contribution in [0.15, 0.2) is 18.2 Å². The Morgan fingerprint density at radius 1 is 1.30 bits per heavy atom. The van der Waals surface area contributed by atoms with Gasteiger partial charge >= 0.3 is 0 Å². The van der Waals surface area contributed by atoms with Gasteiger partial charge in [-0.25, -0.2) is 9.37 Å². The molecule has 1 atom stereocenters. The van der Waals surface area contributed by atoms with E-state index in [0.717, 1.165) is 30.7 Å². The summed E-state index contributed by atoms with van der Waals surface area (Å²) in [5.74, 6) is 0.221. The maximum Gasteiger partial charge on any atom is 0.201 e. The van der Waals surface area contributed by atoms with Gasteiger partial charge in [-0.1, -0.05) is 6.42 Å². The van der Waals surface area contributed by atoms with Crippen LogP contribution in [0.3, 0.4) is 0 Å². The number of hydrogen-bond acceptors (Lipinski definition) is 3. The standard InChI is InChI=1S/C15H21FN4/c1-11(10-19-7-3-2-4-8-19)20-14-9-12(16)5-6-13(14)18-15(20)17/h5-6,9,11H,2-4,7-8,10H2,1H3,(H2,17,18). The van der Waals surface area contributed by atoms with Crippen molar-refractivity contribution in [3.63, 3.8) is 0 Å². The molecule has 1 saturated heterocycles. The van der Waals surface area contributed by atoms with Crippen LogP contribution in [0, 0.1) is 5.82 Å². The van der Waals surface area contributed by atoms with Crippen LogP contribution in [0.25, 0.3) is 11.0 Å². The van der Waals surface area contributed by atoms with Crippen LogP contribution in [0.5, 0.6) is 0 Å². The van der Waals surface area contributed by atoms with Crippen molar-refractivity contribution in [2.45, 2.75) is 32.2 Å². The molecule has 0 radical (unpaired) electrons. The van der Waals surface area contributed by atoms with Crippen molar-refractivity contribution in [3.05, 3.63) is 24.0 Å². The minimum atomic E-state index is -0.246. The highest BCUT2D eigenvalue weighted by Gasteiger charge is 2.18. The summed E-state index contributed by atoms with van der Waals surface area (Å²) in [4.78, 5) is 6.78. The fourth-order valence-corrected chi connectivity index (χ4v) is 3.15. The molecule has 0 saturated carbocycles. The molecule has 3 rings (SSSR count). The van der Waals surface area contributed by atoms with E-state index in [2.05, 4.69) is 16.8 Å². The molecule has 2 aromatic rings. The quantitative estimate of drug-likeness (QED) is 0.937. The number of aromatic nitrogens is 2. The fourth-order valence-electron chi connectivity index (χ4n) is 3.15. The van der Waals surface area contributed by atoms with Gasteiger partial charge in [0.15, 0.2) is 0 Å². The summed E-state index contributed by atoms with van der Waals surface area (Å²) in [6, 6.07) is 4.82. The number of fused-ring (bicyclic) bond motifs is 1. The number of benzene rings is 1. The molecule has 1 fully saturated rings. The minimum Gasteiger partial charge on any atom is -0.369 e. The zero-order chi connectivity index (χ0) is 14.1. The lowest BCUT2D eigenvalue weighted by atomic mass is 10.1. The number of nitrogen functional groups attached to an aromatic ring is 1. The van der Waals surface area contributed by atoms with Gasteiger partial charge in [0.1, 0.15) is 5.82 Å². The third kappa shape index (κ3) is 2.50. The largest absolute Gasteiger partial charge is 0.369 e. The van der Waals surface area contributed by atoms with E-state index in [1.165, 1.54) is 31.4 Å². The van der Waals surface area contributed by atoms with Crippen molar-refractivity contribution >= 4 is 17.0 Å². The van der Waals surface area contributed by atoms with Crippen LogP contribution in [0.4, 0.5) is 10.3 Å². The molecule has 5 heteroatoms. The molecular formula is C15H21FN4. The van der Waals surface area contributed by atoms with E-state index in [4.69, 9.17) is 5.73 Å². The summed E-state index contributed by atoms with van der Waals surface area (Å²) in [5.41, 5.74) is 7.56. The molecule has 1 aromatic heterocycles. The number of rotatable bonds is 3. The van der Waals surface area contributed by atoms with E-state index in [0.29, 0.717) is 5.95 Å². The molecule has 1 aliphatic rings. The van der Waals surface area contributed by atoms with Crippen molar-refractivity contribution in [2.75, 3.05) is 25.4 Å². The summed E-state index contributed by atoms with van der Waals surface area (Å²) < 4.78 is 15.4. The first-order valence-electron chi connectivity index (χ1n) is 7.30. The fraction of sp³-hybridized carbons (Fsp3) is 0.533. The highest BCUT2D eigenvalue weighted by Crippen LogP contribution is 2.24. The lowest BCUT2D eigenvalue weighted by Crippen LogP contribution is -2.34. The maximum absolute atomic E-state index is 13.5. The number of imidazole rings is 1. The van der Waals surface area contributed by atoms with Crippen LogP contribution in [-0.2, 0) is 0 Å². The third-order valence-electron chi connectivity index (χ3n) is 4.09. The highest BCUT2D eigenvalue weighted by molar-refractivity contribution is 5.78. The monoisotopic (exact) mass is 276 g/mol. The van der Waals surface area contributed by atoms with Crippen molar-refractivity contribution in [1.29, 1.82) is 0 Å². The van der Waals surface area contributed by atoms with Crippen LogP contribution < -0.4 is 5.73 Å². The Balaban J connectivity index is 1.88. The number of nitrogens with zero attached hydrogens (tertiary/aromatic N) is 3. The Labute approximate surface area is 118 Å². The van der Waals surface area contributed by atoms with Gasteiger partial charge in [0.25, 0.3) is 0 Å². The lowest BCUT2D eigenvalue weighted by molar-refractivity contribution is 0.204. The van der Waals surface area contributed by atoms with Gasteiger partial charge in [-0.05, 0) is 51.1 Å². The number of piperidine rings is 1. The number of hydrogen-bond donors (Lipinski definition) is 1. The van der Waals surface area contributed by atoms with Gasteiger partial charge in [-0.2, -0.15) is 0 Å². The summed E-state index contributed by atoms with van der Waals surface area (Å²) in [5, 5.41) is 0. The van der Waals surface area contributed by atoms with Crippen LogP contribution in [0.2, 0.25) is 0 Å². The molecule has 1 unspecified atom stereocenters. The highest BCUT2D eigenvalue weighted by atomic mass is 19.1. The second-order valence-corrected chi connectivity index (χ2v) is 5.68. The molecule has 0 bridgehead atoms. The second kappa shape index (κ2) is 5.40. The summed E-state index contributed by atoms with van der Waals surface area (Å²) in [7, 11) is 0. The number of nitrogens with two attached hydrogens (primary N) is 1. The molecule has 1 aromatic carbocycles. The molecule has 4 nitrogen and oxygen atoms in total. The average Bonchev–Trinajstić information content (AvgIpc) is 2.75. The van der Waals surface area contributed by atoms with Gasteiger partial charge < -0.3 is 15.2 Å². The molecular weight excluding hydrogens is 255 g/mol. The first-order chi connectivity index (χ1) is 9.65.